The van der Waals surface area contributed by atoms with Gasteiger partial charge in [0.05, 0.1) is 10.9 Å². The van der Waals surface area contributed by atoms with E-state index in [2.05, 4.69) is 10.0 Å². The molecule has 1 saturated heterocycles. The number of amides is 2. The van der Waals surface area contributed by atoms with E-state index in [4.69, 9.17) is 5.73 Å². The Balaban J connectivity index is 1.53. The Morgan fingerprint density at radius 2 is 1.69 bits per heavy atom. The first kappa shape index (κ1) is 25.3. The highest BCUT2D eigenvalue weighted by Crippen LogP contribution is 2.34. The summed E-state index contributed by atoms with van der Waals surface area (Å²) in [7, 11) is -3.75. The fraction of sp³-hybridized carbons (Fsp3) is 0.462. The normalized spacial score (nSPS) is 17.5. The quantitative estimate of drug-likeness (QED) is 0.565. The first-order valence-corrected chi connectivity index (χ1v) is 13.7. The van der Waals surface area contributed by atoms with Gasteiger partial charge in [0.1, 0.15) is 0 Å². The second-order valence-electron chi connectivity index (χ2n) is 9.55. The summed E-state index contributed by atoms with van der Waals surface area (Å²) < 4.78 is 29.7. The summed E-state index contributed by atoms with van der Waals surface area (Å²) in [5.74, 6) is -0.304. The predicted octanol–water partition coefficient (Wildman–Crippen LogP) is 2.74. The molecule has 188 valence electrons. The molecule has 0 aromatic heterocycles. The minimum absolute atomic E-state index is 0.108. The highest BCUT2D eigenvalue weighted by Gasteiger charge is 2.30. The number of carbonyl (C=O) groups excluding carboxylic acids is 2. The van der Waals surface area contributed by atoms with Gasteiger partial charge in [0.25, 0.3) is 5.91 Å². The number of likely N-dealkylation sites (tertiary alicyclic amines) is 1. The topological polar surface area (TPSA) is 122 Å². The summed E-state index contributed by atoms with van der Waals surface area (Å²) in [4.78, 5) is 27.0. The minimum Gasteiger partial charge on any atom is -0.341 e. The lowest BCUT2D eigenvalue weighted by molar-refractivity contribution is -0.133. The van der Waals surface area contributed by atoms with Crippen LogP contribution in [0.3, 0.4) is 0 Å². The third kappa shape index (κ3) is 5.58. The zero-order valence-electron chi connectivity index (χ0n) is 20.3. The summed E-state index contributed by atoms with van der Waals surface area (Å²) in [6.45, 7) is 4.52. The molecule has 1 heterocycles. The van der Waals surface area contributed by atoms with E-state index in [9.17, 15) is 18.0 Å². The number of benzene rings is 2. The molecule has 0 saturated carbocycles. The average Bonchev–Trinajstić information content (AvgIpc) is 2.84. The minimum atomic E-state index is -3.75. The summed E-state index contributed by atoms with van der Waals surface area (Å²) in [6, 6.07) is 9.91. The molecule has 1 atom stereocenters. The van der Waals surface area contributed by atoms with Gasteiger partial charge in [-0.05, 0) is 87.3 Å². The lowest BCUT2D eigenvalue weighted by atomic mass is 9.90. The van der Waals surface area contributed by atoms with Crippen molar-refractivity contribution in [3.8, 4) is 0 Å². The number of piperidine rings is 1. The molecule has 35 heavy (non-hydrogen) atoms. The predicted molar refractivity (Wildman–Crippen MR) is 136 cm³/mol. The van der Waals surface area contributed by atoms with Gasteiger partial charge in [0.15, 0.2) is 0 Å². The number of nitrogens with two attached hydrogens (primary N) is 1. The van der Waals surface area contributed by atoms with Crippen LogP contribution in [0.5, 0.6) is 0 Å². The van der Waals surface area contributed by atoms with E-state index in [0.717, 1.165) is 36.0 Å². The van der Waals surface area contributed by atoms with Gasteiger partial charge in [0, 0.05) is 30.4 Å². The largest absolute Gasteiger partial charge is 0.341 e. The molecule has 1 fully saturated rings. The van der Waals surface area contributed by atoms with Gasteiger partial charge in [-0.1, -0.05) is 18.2 Å². The number of carbonyl (C=O) groups is 2. The fourth-order valence-corrected chi connectivity index (χ4v) is 6.61. The molecule has 1 aliphatic carbocycles. The first-order chi connectivity index (χ1) is 16.7. The van der Waals surface area contributed by atoms with Crippen molar-refractivity contribution in [2.24, 2.45) is 5.73 Å². The Morgan fingerprint density at radius 3 is 2.34 bits per heavy atom. The van der Waals surface area contributed by atoms with Crippen LogP contribution in [0.25, 0.3) is 0 Å². The van der Waals surface area contributed by atoms with Crippen molar-refractivity contribution in [3.05, 3.63) is 58.7 Å². The van der Waals surface area contributed by atoms with Crippen LogP contribution in [-0.2, 0) is 27.7 Å². The number of sulfonamides is 1. The van der Waals surface area contributed by atoms with E-state index >= 15 is 0 Å². The summed E-state index contributed by atoms with van der Waals surface area (Å²) in [5, 5.41) is 3.01. The highest BCUT2D eigenvalue weighted by atomic mass is 32.2. The van der Waals surface area contributed by atoms with E-state index in [-0.39, 0.29) is 22.8 Å². The van der Waals surface area contributed by atoms with Gasteiger partial charge >= 0.3 is 0 Å². The number of nitrogens with zero attached hydrogens (tertiary/aromatic N) is 1. The van der Waals surface area contributed by atoms with Crippen LogP contribution in [0.1, 0.15) is 59.7 Å². The van der Waals surface area contributed by atoms with Crippen molar-refractivity contribution in [2.45, 2.75) is 69.4 Å². The number of hydrogen-bond donors (Lipinski definition) is 3. The van der Waals surface area contributed by atoms with Crippen molar-refractivity contribution in [3.63, 3.8) is 0 Å². The van der Waals surface area contributed by atoms with E-state index in [1.165, 1.54) is 0 Å². The number of fused-ring (bicyclic) bond motifs is 1. The molecule has 1 aliphatic heterocycles. The van der Waals surface area contributed by atoms with Crippen LogP contribution < -0.4 is 15.8 Å². The number of rotatable bonds is 6. The first-order valence-electron chi connectivity index (χ1n) is 12.3. The van der Waals surface area contributed by atoms with Crippen LogP contribution in [0.2, 0.25) is 0 Å². The molecule has 2 aromatic carbocycles. The van der Waals surface area contributed by atoms with Gasteiger partial charge in [-0.15, -0.1) is 0 Å². The molecule has 0 bridgehead atoms. The van der Waals surface area contributed by atoms with E-state index in [1.807, 2.05) is 25.1 Å². The van der Waals surface area contributed by atoms with Gasteiger partial charge in [-0.2, -0.15) is 0 Å². The van der Waals surface area contributed by atoms with Crippen LogP contribution >= 0.6 is 0 Å². The number of hydrogen-bond acceptors (Lipinski definition) is 5. The van der Waals surface area contributed by atoms with Crippen molar-refractivity contribution >= 4 is 27.5 Å². The third-order valence-electron chi connectivity index (χ3n) is 6.94. The maximum absolute atomic E-state index is 13.4. The Morgan fingerprint density at radius 1 is 1.03 bits per heavy atom. The highest BCUT2D eigenvalue weighted by molar-refractivity contribution is 7.89. The molecule has 2 amide bonds. The van der Waals surface area contributed by atoms with Crippen LogP contribution in [0.15, 0.2) is 41.3 Å². The van der Waals surface area contributed by atoms with Crippen LogP contribution in [0, 0.1) is 6.92 Å². The maximum Gasteiger partial charge on any atom is 0.255 e. The lowest BCUT2D eigenvalue weighted by Gasteiger charge is -2.33. The van der Waals surface area contributed by atoms with Gasteiger partial charge < -0.3 is 16.0 Å². The molecule has 8 nitrogen and oxygen atoms in total. The Bertz CT molecular complexity index is 1220. The standard InChI is InChI=1S/C26H34N4O4S/c1-17-7-3-4-8-20(17)25(31)28-23-11-12-24(22-10-6-5-9-21(22)23)35(33,34)29-19-13-15-30(16-14-19)26(32)18(2)27/h3-4,7-8,11-12,18-19,29H,5-6,9-10,13-16,27H2,1-2H3,(H,28,31)/t18-/m0/s1. The maximum atomic E-state index is 13.4. The molecular weight excluding hydrogens is 464 g/mol. The zero-order chi connectivity index (χ0) is 25.2. The molecule has 2 aromatic rings. The molecule has 0 spiro atoms. The van der Waals surface area contributed by atoms with Crippen LogP contribution in [0.4, 0.5) is 5.69 Å². The monoisotopic (exact) mass is 498 g/mol. The average molecular weight is 499 g/mol. The van der Waals surface area contributed by atoms with Crippen LogP contribution in [-0.4, -0.2) is 50.3 Å². The number of nitrogens with one attached hydrogen (secondary N) is 2. The Hall–Kier alpha value is -2.75. The van der Waals surface area contributed by atoms with Crippen molar-refractivity contribution in [2.75, 3.05) is 18.4 Å². The molecular formula is C26H34N4O4S. The molecule has 9 heteroatoms. The Kier molecular flexibility index (Phi) is 7.59. The summed E-state index contributed by atoms with van der Waals surface area (Å²) in [6.07, 6.45) is 4.32. The lowest BCUT2D eigenvalue weighted by Crippen LogP contribution is -2.50. The van der Waals surface area contributed by atoms with Gasteiger partial charge in [0.2, 0.25) is 15.9 Å². The zero-order valence-corrected chi connectivity index (χ0v) is 21.2. The fourth-order valence-electron chi connectivity index (χ4n) is 5.01. The summed E-state index contributed by atoms with van der Waals surface area (Å²) in [5.41, 5.74) is 9.55. The van der Waals surface area contributed by atoms with Crippen molar-refractivity contribution < 1.29 is 18.0 Å². The Labute approximate surface area is 207 Å². The third-order valence-corrected chi connectivity index (χ3v) is 8.54. The van der Waals surface area contributed by atoms with Gasteiger partial charge in [-0.3, -0.25) is 9.59 Å². The number of aryl methyl sites for hydroxylation is 1. The SMILES string of the molecule is Cc1ccccc1C(=O)Nc1ccc(S(=O)(=O)NC2CCN(C(=O)[C@H](C)N)CC2)c2c1CCCC2. The molecule has 2 aliphatic rings. The number of anilines is 1. The molecule has 4 rings (SSSR count). The summed E-state index contributed by atoms with van der Waals surface area (Å²) >= 11 is 0. The molecule has 4 N–H and O–H groups in total. The second kappa shape index (κ2) is 10.5. The van der Waals surface area contributed by atoms with E-state index < -0.39 is 16.1 Å². The van der Waals surface area contributed by atoms with E-state index in [0.29, 0.717) is 43.6 Å². The molecule has 0 radical (unpaired) electrons. The van der Waals surface area contributed by atoms with Gasteiger partial charge in [-0.25, -0.2) is 13.1 Å². The van der Waals surface area contributed by atoms with Crippen molar-refractivity contribution in [1.82, 2.24) is 9.62 Å². The second-order valence-corrected chi connectivity index (χ2v) is 11.2. The van der Waals surface area contributed by atoms with E-state index in [1.54, 1.807) is 30.0 Å². The van der Waals surface area contributed by atoms with Crippen molar-refractivity contribution in [1.29, 1.82) is 0 Å². The smallest absolute Gasteiger partial charge is 0.255 e. The molecule has 0 unspecified atom stereocenters.